The van der Waals surface area contributed by atoms with E-state index < -0.39 is 0 Å². The van der Waals surface area contributed by atoms with Crippen LogP contribution in [-0.2, 0) is 6.54 Å². The van der Waals surface area contributed by atoms with Gasteiger partial charge in [-0.05, 0) is 31.0 Å². The van der Waals surface area contributed by atoms with Gasteiger partial charge in [0.25, 0.3) is 0 Å². The van der Waals surface area contributed by atoms with Crippen molar-refractivity contribution in [1.29, 1.82) is 0 Å². The van der Waals surface area contributed by atoms with E-state index in [1.807, 2.05) is 13.0 Å². The zero-order valence-electron chi connectivity index (χ0n) is 11.3. The summed E-state index contributed by atoms with van der Waals surface area (Å²) in [4.78, 5) is 2.24. The van der Waals surface area contributed by atoms with Crippen LogP contribution in [0.1, 0.15) is 16.7 Å². The SMILES string of the molecule is [B]c1c(C)ccc(N(C)Cc2ccccc2)c1C. The highest BCUT2D eigenvalue weighted by Gasteiger charge is 2.08. The fourth-order valence-corrected chi connectivity index (χ4v) is 2.21. The molecule has 0 spiro atoms. The van der Waals surface area contributed by atoms with Gasteiger partial charge in [-0.25, -0.2) is 0 Å². The van der Waals surface area contributed by atoms with Gasteiger partial charge in [0.2, 0.25) is 0 Å². The van der Waals surface area contributed by atoms with Crippen molar-refractivity contribution in [3.8, 4) is 0 Å². The van der Waals surface area contributed by atoms with E-state index in [0.717, 1.165) is 23.1 Å². The lowest BCUT2D eigenvalue weighted by Gasteiger charge is -2.23. The fourth-order valence-electron chi connectivity index (χ4n) is 2.21. The summed E-state index contributed by atoms with van der Waals surface area (Å²) in [5.41, 5.74) is 5.70. The first-order valence-corrected chi connectivity index (χ1v) is 6.20. The van der Waals surface area contributed by atoms with Gasteiger partial charge in [0.15, 0.2) is 0 Å². The van der Waals surface area contributed by atoms with Crippen molar-refractivity contribution in [1.82, 2.24) is 0 Å². The molecular weight excluding hydrogens is 217 g/mol. The van der Waals surface area contributed by atoms with Crippen molar-refractivity contribution in [2.75, 3.05) is 11.9 Å². The first kappa shape index (κ1) is 12.8. The van der Waals surface area contributed by atoms with Crippen LogP contribution in [0.4, 0.5) is 5.69 Å². The van der Waals surface area contributed by atoms with E-state index >= 15 is 0 Å². The predicted molar refractivity (Wildman–Crippen MR) is 79.9 cm³/mol. The van der Waals surface area contributed by atoms with Crippen LogP contribution >= 0.6 is 0 Å². The summed E-state index contributed by atoms with van der Waals surface area (Å²) < 4.78 is 0. The van der Waals surface area contributed by atoms with Crippen LogP contribution in [-0.4, -0.2) is 14.9 Å². The minimum atomic E-state index is 0.893. The van der Waals surface area contributed by atoms with E-state index in [1.165, 1.54) is 11.3 Å². The number of aryl methyl sites for hydroxylation is 1. The molecule has 1 nitrogen and oxygen atoms in total. The van der Waals surface area contributed by atoms with Gasteiger partial charge in [-0.15, -0.1) is 0 Å². The highest BCUT2D eigenvalue weighted by atomic mass is 15.1. The Morgan fingerprint density at radius 3 is 2.33 bits per heavy atom. The van der Waals surface area contributed by atoms with Gasteiger partial charge in [0, 0.05) is 19.3 Å². The van der Waals surface area contributed by atoms with Gasteiger partial charge >= 0.3 is 0 Å². The molecule has 0 saturated heterocycles. The standard InChI is InChI=1S/C16H18BN/c1-12-9-10-15(13(2)16(12)17)18(3)11-14-7-5-4-6-8-14/h4-10H,11H2,1-3H3. The second-order valence-electron chi connectivity index (χ2n) is 4.78. The van der Waals surface area contributed by atoms with E-state index in [1.54, 1.807) is 0 Å². The molecule has 0 aliphatic carbocycles. The second kappa shape index (κ2) is 5.30. The van der Waals surface area contributed by atoms with Crippen molar-refractivity contribution in [2.24, 2.45) is 0 Å². The van der Waals surface area contributed by atoms with Gasteiger partial charge in [-0.2, -0.15) is 0 Å². The molecule has 0 aliphatic heterocycles. The average Bonchev–Trinajstić information content (AvgIpc) is 2.37. The normalized spacial score (nSPS) is 10.4. The molecule has 0 N–H and O–H groups in total. The molecule has 0 bridgehead atoms. The molecular formula is C16H18BN. The monoisotopic (exact) mass is 235 g/mol. The Morgan fingerprint density at radius 1 is 1.00 bits per heavy atom. The number of hydrogen-bond acceptors (Lipinski definition) is 1. The first-order chi connectivity index (χ1) is 8.59. The third-order valence-corrected chi connectivity index (χ3v) is 3.38. The fraction of sp³-hybridized carbons (Fsp3) is 0.250. The lowest BCUT2D eigenvalue weighted by molar-refractivity contribution is 0.918. The maximum Gasteiger partial charge on any atom is 0.114 e. The maximum atomic E-state index is 6.09. The molecule has 0 saturated carbocycles. The molecule has 0 unspecified atom stereocenters. The third kappa shape index (κ3) is 2.58. The summed E-state index contributed by atoms with van der Waals surface area (Å²) in [5.74, 6) is 0. The van der Waals surface area contributed by atoms with Crippen LogP contribution in [0.3, 0.4) is 0 Å². The van der Waals surface area contributed by atoms with E-state index in [2.05, 4.69) is 55.3 Å². The van der Waals surface area contributed by atoms with Gasteiger partial charge in [0.05, 0.1) is 0 Å². The molecule has 2 radical (unpaired) electrons. The molecule has 0 fully saturated rings. The summed E-state index contributed by atoms with van der Waals surface area (Å²) in [6.45, 7) is 5.02. The molecule has 0 atom stereocenters. The van der Waals surface area contributed by atoms with Crippen LogP contribution in [0, 0.1) is 13.8 Å². The molecule has 0 heterocycles. The topological polar surface area (TPSA) is 3.24 Å². The molecule has 18 heavy (non-hydrogen) atoms. The molecule has 90 valence electrons. The molecule has 2 heteroatoms. The number of hydrogen-bond donors (Lipinski definition) is 0. The first-order valence-electron chi connectivity index (χ1n) is 6.20. The lowest BCUT2D eigenvalue weighted by Crippen LogP contribution is -2.22. The van der Waals surface area contributed by atoms with Crippen LogP contribution in [0.2, 0.25) is 0 Å². The maximum absolute atomic E-state index is 6.09. The number of nitrogens with zero attached hydrogens (tertiary/aromatic N) is 1. The van der Waals surface area contributed by atoms with Crippen LogP contribution in [0.25, 0.3) is 0 Å². The number of rotatable bonds is 3. The molecule has 2 aromatic carbocycles. The highest BCUT2D eigenvalue weighted by Crippen LogP contribution is 2.19. The van der Waals surface area contributed by atoms with E-state index in [0.29, 0.717) is 0 Å². The van der Waals surface area contributed by atoms with Crippen LogP contribution < -0.4 is 10.4 Å². The highest BCUT2D eigenvalue weighted by molar-refractivity contribution is 6.34. The second-order valence-corrected chi connectivity index (χ2v) is 4.78. The quantitative estimate of drug-likeness (QED) is 0.739. The van der Waals surface area contributed by atoms with Gasteiger partial charge < -0.3 is 4.90 Å². The van der Waals surface area contributed by atoms with Crippen molar-refractivity contribution in [2.45, 2.75) is 20.4 Å². The molecule has 0 aliphatic rings. The Kier molecular flexibility index (Phi) is 3.76. The smallest absolute Gasteiger partial charge is 0.114 e. The zero-order chi connectivity index (χ0) is 13.1. The Hall–Kier alpha value is -1.70. The summed E-state index contributed by atoms with van der Waals surface area (Å²) >= 11 is 0. The molecule has 2 rings (SSSR count). The largest absolute Gasteiger partial charge is 0.370 e. The summed E-state index contributed by atoms with van der Waals surface area (Å²) in [6, 6.07) is 14.7. The number of benzene rings is 2. The van der Waals surface area contributed by atoms with E-state index in [9.17, 15) is 0 Å². The van der Waals surface area contributed by atoms with Crippen LogP contribution in [0.5, 0.6) is 0 Å². The molecule has 2 aromatic rings. The Labute approximate surface area is 111 Å². The minimum absolute atomic E-state index is 0.893. The Balaban J connectivity index is 2.24. The molecule has 0 amide bonds. The van der Waals surface area contributed by atoms with Crippen molar-refractivity contribution in [3.63, 3.8) is 0 Å². The Morgan fingerprint density at radius 2 is 1.67 bits per heavy atom. The van der Waals surface area contributed by atoms with E-state index in [4.69, 9.17) is 7.85 Å². The minimum Gasteiger partial charge on any atom is -0.370 e. The lowest BCUT2D eigenvalue weighted by atomic mass is 9.86. The van der Waals surface area contributed by atoms with Gasteiger partial charge in [-0.3, -0.25) is 0 Å². The summed E-state index contributed by atoms with van der Waals surface area (Å²) in [6.07, 6.45) is 0. The van der Waals surface area contributed by atoms with Crippen molar-refractivity contribution in [3.05, 3.63) is 59.2 Å². The number of anilines is 1. The van der Waals surface area contributed by atoms with Crippen LogP contribution in [0.15, 0.2) is 42.5 Å². The molecule has 0 aromatic heterocycles. The van der Waals surface area contributed by atoms with Gasteiger partial charge in [-0.1, -0.05) is 47.4 Å². The summed E-state index contributed by atoms with van der Waals surface area (Å²) in [5, 5.41) is 0. The van der Waals surface area contributed by atoms with Gasteiger partial charge in [0.1, 0.15) is 7.85 Å². The van der Waals surface area contributed by atoms with E-state index in [-0.39, 0.29) is 0 Å². The average molecular weight is 235 g/mol. The summed E-state index contributed by atoms with van der Waals surface area (Å²) in [7, 11) is 8.19. The third-order valence-electron chi connectivity index (χ3n) is 3.38. The predicted octanol–water partition coefficient (Wildman–Crippen LogP) is 2.73. The zero-order valence-corrected chi connectivity index (χ0v) is 11.3. The van der Waals surface area contributed by atoms with Crippen molar-refractivity contribution >= 4 is 19.0 Å². The van der Waals surface area contributed by atoms with Crippen molar-refractivity contribution < 1.29 is 0 Å². The Bertz CT molecular complexity index is 534.